The first kappa shape index (κ1) is 24.6. The first-order chi connectivity index (χ1) is 16.6. The van der Waals surface area contributed by atoms with Crippen LogP contribution in [-0.4, -0.2) is 73.7 Å². The third kappa shape index (κ3) is 7.00. The molecule has 1 aromatic carbocycles. The molecule has 1 aliphatic heterocycles. The summed E-state index contributed by atoms with van der Waals surface area (Å²) in [6.45, 7) is 5.42. The number of carbonyl (C=O) groups excluding carboxylic acids is 1. The predicted molar refractivity (Wildman–Crippen MR) is 130 cm³/mol. The summed E-state index contributed by atoms with van der Waals surface area (Å²) in [6, 6.07) is 8.56. The summed E-state index contributed by atoms with van der Waals surface area (Å²) >= 11 is 0. The van der Waals surface area contributed by atoms with Crippen molar-refractivity contribution in [2.45, 2.75) is 38.5 Å². The molecule has 0 N–H and O–H groups in total. The zero-order valence-corrected chi connectivity index (χ0v) is 20.2. The summed E-state index contributed by atoms with van der Waals surface area (Å²) in [5.41, 5.74) is 1.85. The standard InChI is InChI=1S/C27H36FN3O3/c1-30(11-10-21-4-2-3-5-21)27(32)18-23-7-6-22(20-29-23)25-9-8-24(19-26(25)28)34-17-14-31-12-15-33-16-13-31/h6-9,19-21H,2-5,10-18H2,1H3. The highest BCUT2D eigenvalue weighted by atomic mass is 19.1. The minimum absolute atomic E-state index is 0.0722. The number of halogens is 1. The first-order valence-electron chi connectivity index (χ1n) is 12.5. The minimum atomic E-state index is -0.346. The molecule has 0 atom stereocenters. The average molecular weight is 470 g/mol. The molecule has 7 heteroatoms. The fraction of sp³-hybridized carbons (Fsp3) is 0.556. The number of hydrogen-bond donors (Lipinski definition) is 0. The van der Waals surface area contributed by atoms with Gasteiger partial charge in [-0.3, -0.25) is 14.7 Å². The fourth-order valence-corrected chi connectivity index (χ4v) is 4.72. The number of hydrogen-bond acceptors (Lipinski definition) is 5. The van der Waals surface area contributed by atoms with Gasteiger partial charge >= 0.3 is 0 Å². The molecule has 0 radical (unpaired) electrons. The van der Waals surface area contributed by atoms with Gasteiger partial charge in [0.05, 0.1) is 19.6 Å². The molecule has 2 fully saturated rings. The van der Waals surface area contributed by atoms with E-state index in [9.17, 15) is 9.18 Å². The van der Waals surface area contributed by atoms with Crippen LogP contribution < -0.4 is 4.74 Å². The Balaban J connectivity index is 1.26. The van der Waals surface area contributed by atoms with Crippen LogP contribution in [0.4, 0.5) is 4.39 Å². The van der Waals surface area contributed by atoms with Crippen molar-refractivity contribution in [1.82, 2.24) is 14.8 Å². The van der Waals surface area contributed by atoms with Crippen molar-refractivity contribution in [2.24, 2.45) is 5.92 Å². The molecular formula is C27H36FN3O3. The number of carbonyl (C=O) groups is 1. The third-order valence-electron chi connectivity index (χ3n) is 6.96. The molecule has 184 valence electrons. The number of amides is 1. The van der Waals surface area contributed by atoms with Crippen molar-refractivity contribution >= 4 is 5.91 Å². The number of benzene rings is 1. The van der Waals surface area contributed by atoms with Crippen molar-refractivity contribution in [1.29, 1.82) is 0 Å². The molecule has 1 saturated carbocycles. The molecule has 2 heterocycles. The number of nitrogens with zero attached hydrogens (tertiary/aromatic N) is 3. The molecule has 2 aliphatic rings. The molecule has 4 rings (SSSR count). The molecule has 1 amide bonds. The second kappa shape index (κ2) is 12.3. The van der Waals surface area contributed by atoms with Gasteiger partial charge in [-0.1, -0.05) is 31.7 Å². The van der Waals surface area contributed by atoms with E-state index in [1.165, 1.54) is 31.7 Å². The normalized spacial score (nSPS) is 17.1. The van der Waals surface area contributed by atoms with Gasteiger partial charge in [0.1, 0.15) is 18.2 Å². The third-order valence-corrected chi connectivity index (χ3v) is 6.96. The molecule has 0 spiro atoms. The summed E-state index contributed by atoms with van der Waals surface area (Å²) in [6.07, 6.45) is 8.22. The van der Waals surface area contributed by atoms with Crippen molar-refractivity contribution in [3.05, 3.63) is 48.0 Å². The lowest BCUT2D eigenvalue weighted by atomic mass is 10.0. The second-order valence-corrected chi connectivity index (χ2v) is 9.41. The van der Waals surface area contributed by atoms with Crippen molar-refractivity contribution in [2.75, 3.05) is 53.0 Å². The quantitative estimate of drug-likeness (QED) is 0.523. The Hall–Kier alpha value is -2.51. The molecule has 2 aromatic rings. The molecule has 1 aliphatic carbocycles. The van der Waals surface area contributed by atoms with E-state index < -0.39 is 0 Å². The number of likely N-dealkylation sites (N-methyl/N-ethyl adjacent to an activating group) is 1. The zero-order valence-electron chi connectivity index (χ0n) is 20.2. The topological polar surface area (TPSA) is 54.9 Å². The van der Waals surface area contributed by atoms with E-state index >= 15 is 0 Å². The Bertz CT molecular complexity index is 925. The summed E-state index contributed by atoms with van der Waals surface area (Å²) in [5.74, 6) is 1.01. The molecule has 0 unspecified atom stereocenters. The van der Waals surface area contributed by atoms with Crippen LogP contribution in [0.25, 0.3) is 11.1 Å². The maximum absolute atomic E-state index is 14.8. The number of morpholine rings is 1. The maximum atomic E-state index is 14.8. The smallest absolute Gasteiger partial charge is 0.228 e. The average Bonchev–Trinajstić information content (AvgIpc) is 3.38. The van der Waals surface area contributed by atoms with Gasteiger partial charge in [0.15, 0.2) is 0 Å². The Morgan fingerprint density at radius 1 is 1.21 bits per heavy atom. The van der Waals surface area contributed by atoms with Gasteiger partial charge in [0, 0.05) is 62.3 Å². The molecular weight excluding hydrogens is 433 g/mol. The van der Waals surface area contributed by atoms with Gasteiger partial charge in [-0.25, -0.2) is 4.39 Å². The van der Waals surface area contributed by atoms with Gasteiger partial charge in [-0.2, -0.15) is 0 Å². The van der Waals surface area contributed by atoms with Gasteiger partial charge in [-0.05, 0) is 30.5 Å². The van der Waals surface area contributed by atoms with E-state index in [-0.39, 0.29) is 18.1 Å². The van der Waals surface area contributed by atoms with E-state index in [2.05, 4.69) is 9.88 Å². The van der Waals surface area contributed by atoms with Gasteiger partial charge in [0.25, 0.3) is 0 Å². The van der Waals surface area contributed by atoms with Gasteiger partial charge in [0.2, 0.25) is 5.91 Å². The zero-order chi connectivity index (χ0) is 23.8. The second-order valence-electron chi connectivity index (χ2n) is 9.41. The Morgan fingerprint density at radius 2 is 2.00 bits per heavy atom. The molecule has 0 bridgehead atoms. The van der Waals surface area contributed by atoms with E-state index in [1.807, 2.05) is 24.1 Å². The Morgan fingerprint density at radius 3 is 2.71 bits per heavy atom. The van der Waals surface area contributed by atoms with Crippen LogP contribution in [0, 0.1) is 11.7 Å². The molecule has 34 heavy (non-hydrogen) atoms. The van der Waals surface area contributed by atoms with E-state index in [1.54, 1.807) is 18.3 Å². The highest BCUT2D eigenvalue weighted by Crippen LogP contribution is 2.28. The fourth-order valence-electron chi connectivity index (χ4n) is 4.72. The largest absolute Gasteiger partial charge is 0.492 e. The number of rotatable bonds is 10. The highest BCUT2D eigenvalue weighted by Gasteiger charge is 2.18. The molecule has 1 aromatic heterocycles. The van der Waals surface area contributed by atoms with Crippen molar-refractivity contribution in [3.8, 4) is 16.9 Å². The lowest BCUT2D eigenvalue weighted by Crippen LogP contribution is -2.38. The number of aromatic nitrogens is 1. The lowest BCUT2D eigenvalue weighted by molar-refractivity contribution is -0.129. The predicted octanol–water partition coefficient (Wildman–Crippen LogP) is 4.18. The maximum Gasteiger partial charge on any atom is 0.228 e. The van der Waals surface area contributed by atoms with Crippen LogP contribution in [0.5, 0.6) is 5.75 Å². The van der Waals surface area contributed by atoms with Crippen LogP contribution in [0.2, 0.25) is 0 Å². The molecule has 1 saturated heterocycles. The Labute approximate surface area is 202 Å². The van der Waals surface area contributed by atoms with Crippen LogP contribution in [0.3, 0.4) is 0 Å². The summed E-state index contributed by atoms with van der Waals surface area (Å²) in [5, 5.41) is 0. The van der Waals surface area contributed by atoms with E-state index in [4.69, 9.17) is 9.47 Å². The molecule has 6 nitrogen and oxygen atoms in total. The highest BCUT2D eigenvalue weighted by molar-refractivity contribution is 5.78. The Kier molecular flexibility index (Phi) is 8.88. The number of ether oxygens (including phenoxy) is 2. The minimum Gasteiger partial charge on any atom is -0.492 e. The van der Waals surface area contributed by atoms with E-state index in [0.29, 0.717) is 29.2 Å². The van der Waals surface area contributed by atoms with Crippen LogP contribution in [0.15, 0.2) is 36.5 Å². The monoisotopic (exact) mass is 469 g/mol. The van der Waals surface area contributed by atoms with Crippen molar-refractivity contribution in [3.63, 3.8) is 0 Å². The van der Waals surface area contributed by atoms with Crippen molar-refractivity contribution < 1.29 is 18.7 Å². The van der Waals surface area contributed by atoms with Crippen LogP contribution in [-0.2, 0) is 16.0 Å². The summed E-state index contributed by atoms with van der Waals surface area (Å²) in [7, 11) is 1.87. The van der Waals surface area contributed by atoms with Crippen LogP contribution in [0.1, 0.15) is 37.8 Å². The summed E-state index contributed by atoms with van der Waals surface area (Å²) < 4.78 is 25.8. The summed E-state index contributed by atoms with van der Waals surface area (Å²) in [4.78, 5) is 21.1. The SMILES string of the molecule is CN(CCC1CCCC1)C(=O)Cc1ccc(-c2ccc(OCCN3CCOCC3)cc2F)cn1. The first-order valence-corrected chi connectivity index (χ1v) is 12.5. The van der Waals surface area contributed by atoms with Crippen LogP contribution >= 0.6 is 0 Å². The van der Waals surface area contributed by atoms with Gasteiger partial charge < -0.3 is 14.4 Å². The lowest BCUT2D eigenvalue weighted by Gasteiger charge is -2.26. The van der Waals surface area contributed by atoms with Gasteiger partial charge in [-0.15, -0.1) is 0 Å². The van der Waals surface area contributed by atoms with E-state index in [0.717, 1.165) is 51.7 Å². The number of pyridine rings is 1.